The van der Waals surface area contributed by atoms with Crippen molar-refractivity contribution in [3.63, 3.8) is 0 Å². The van der Waals surface area contributed by atoms with Gasteiger partial charge < -0.3 is 5.32 Å². The lowest BCUT2D eigenvalue weighted by Crippen LogP contribution is -2.65. The lowest BCUT2D eigenvalue weighted by Gasteiger charge is -2.50. The predicted octanol–water partition coefficient (Wildman–Crippen LogP) is 3.52. The summed E-state index contributed by atoms with van der Waals surface area (Å²) in [6, 6.07) is 0.686. The van der Waals surface area contributed by atoms with Gasteiger partial charge in [0.1, 0.15) is 0 Å². The van der Waals surface area contributed by atoms with Crippen LogP contribution in [0.5, 0.6) is 0 Å². The summed E-state index contributed by atoms with van der Waals surface area (Å²) in [5.41, 5.74) is 0.433. The van der Waals surface area contributed by atoms with E-state index < -0.39 is 0 Å². The highest BCUT2D eigenvalue weighted by Crippen LogP contribution is 2.44. The maximum Gasteiger partial charge on any atom is 0.0334 e. The van der Waals surface area contributed by atoms with Gasteiger partial charge in [-0.25, -0.2) is 0 Å². The summed E-state index contributed by atoms with van der Waals surface area (Å²) in [5.74, 6) is 2.54. The van der Waals surface area contributed by atoms with Gasteiger partial charge in [0, 0.05) is 24.7 Å². The van der Waals surface area contributed by atoms with Crippen LogP contribution < -0.4 is 5.32 Å². The van der Waals surface area contributed by atoms with Gasteiger partial charge in [-0.1, -0.05) is 27.7 Å². The normalized spacial score (nSPS) is 33.3. The predicted molar refractivity (Wildman–Crippen MR) is 83.4 cm³/mol. The maximum atomic E-state index is 3.82. The van der Waals surface area contributed by atoms with Crippen molar-refractivity contribution in [2.75, 3.05) is 19.6 Å². The molecule has 2 rings (SSSR count). The number of hydrogen-bond acceptors (Lipinski definition) is 2. The number of nitrogens with one attached hydrogen (secondary N) is 1. The molecule has 1 N–H and O–H groups in total. The quantitative estimate of drug-likeness (QED) is 0.791. The van der Waals surface area contributed by atoms with Crippen molar-refractivity contribution in [2.45, 2.75) is 71.9 Å². The minimum atomic E-state index is 0.433. The van der Waals surface area contributed by atoms with E-state index >= 15 is 0 Å². The van der Waals surface area contributed by atoms with Crippen LogP contribution in [0, 0.1) is 17.8 Å². The van der Waals surface area contributed by atoms with E-state index in [-0.39, 0.29) is 0 Å². The van der Waals surface area contributed by atoms with Crippen molar-refractivity contribution in [3.05, 3.63) is 0 Å². The lowest BCUT2D eigenvalue weighted by molar-refractivity contribution is 0.0237. The molecule has 1 aliphatic carbocycles. The smallest absolute Gasteiger partial charge is 0.0334 e. The molecule has 1 aliphatic heterocycles. The van der Waals surface area contributed by atoms with Gasteiger partial charge in [0.2, 0.25) is 0 Å². The Kier molecular flexibility index (Phi) is 4.94. The van der Waals surface area contributed by atoms with Crippen LogP contribution >= 0.6 is 0 Å². The fourth-order valence-electron chi connectivity index (χ4n) is 3.55. The van der Waals surface area contributed by atoms with Crippen molar-refractivity contribution in [2.24, 2.45) is 17.8 Å². The Labute approximate surface area is 120 Å². The van der Waals surface area contributed by atoms with Crippen LogP contribution in [-0.4, -0.2) is 36.1 Å². The molecule has 2 unspecified atom stereocenters. The highest BCUT2D eigenvalue weighted by Gasteiger charge is 2.48. The summed E-state index contributed by atoms with van der Waals surface area (Å²) in [4.78, 5) is 2.83. The summed E-state index contributed by atoms with van der Waals surface area (Å²) in [7, 11) is 0. The molecule has 0 amide bonds. The topological polar surface area (TPSA) is 15.3 Å². The Hall–Kier alpha value is -0.0800. The lowest BCUT2D eigenvalue weighted by atomic mass is 9.87. The van der Waals surface area contributed by atoms with Gasteiger partial charge in [-0.05, 0) is 56.9 Å². The van der Waals surface area contributed by atoms with Gasteiger partial charge in [0.25, 0.3) is 0 Å². The van der Waals surface area contributed by atoms with Gasteiger partial charge >= 0.3 is 0 Å². The van der Waals surface area contributed by atoms with Crippen molar-refractivity contribution < 1.29 is 0 Å². The van der Waals surface area contributed by atoms with Crippen LogP contribution in [0.2, 0.25) is 0 Å². The Morgan fingerprint density at radius 1 is 1.21 bits per heavy atom. The fourth-order valence-corrected chi connectivity index (χ4v) is 3.55. The van der Waals surface area contributed by atoms with Crippen LogP contribution in [0.1, 0.15) is 60.3 Å². The first kappa shape index (κ1) is 15.3. The Morgan fingerprint density at radius 3 is 2.42 bits per heavy atom. The standard InChI is InChI=1S/C17H34N2/c1-13(2)7-6-10-19-11-16(14(3)4)18-12-17(19,5)15-8-9-15/h13-16,18H,6-12H2,1-5H3. The van der Waals surface area contributed by atoms with Gasteiger partial charge in [0.15, 0.2) is 0 Å². The molecule has 112 valence electrons. The van der Waals surface area contributed by atoms with Gasteiger partial charge in [-0.2, -0.15) is 0 Å². The molecular weight excluding hydrogens is 232 g/mol. The van der Waals surface area contributed by atoms with E-state index in [0.717, 1.165) is 17.8 Å². The molecule has 1 saturated carbocycles. The Bertz CT molecular complexity index is 283. The molecule has 1 saturated heterocycles. The first-order valence-corrected chi connectivity index (χ1v) is 8.42. The van der Waals surface area contributed by atoms with E-state index in [0.29, 0.717) is 11.6 Å². The monoisotopic (exact) mass is 266 g/mol. The zero-order valence-electron chi connectivity index (χ0n) is 13.7. The molecule has 19 heavy (non-hydrogen) atoms. The molecule has 0 aromatic carbocycles. The second-order valence-corrected chi connectivity index (χ2v) is 7.84. The van der Waals surface area contributed by atoms with Gasteiger partial charge in [0.05, 0.1) is 0 Å². The third-order valence-corrected chi connectivity index (χ3v) is 5.33. The van der Waals surface area contributed by atoms with Crippen molar-refractivity contribution in [3.8, 4) is 0 Å². The van der Waals surface area contributed by atoms with Gasteiger partial charge in [-0.15, -0.1) is 0 Å². The zero-order chi connectivity index (χ0) is 14.0. The molecule has 0 aromatic rings. The molecular formula is C17H34N2. The van der Waals surface area contributed by atoms with Crippen LogP contribution in [0.15, 0.2) is 0 Å². The molecule has 0 bridgehead atoms. The van der Waals surface area contributed by atoms with Gasteiger partial charge in [-0.3, -0.25) is 4.90 Å². The van der Waals surface area contributed by atoms with E-state index in [1.165, 1.54) is 45.3 Å². The van der Waals surface area contributed by atoms with E-state index in [2.05, 4.69) is 44.8 Å². The second-order valence-electron chi connectivity index (χ2n) is 7.84. The average molecular weight is 266 g/mol. The summed E-state index contributed by atoms with van der Waals surface area (Å²) in [6.45, 7) is 15.6. The van der Waals surface area contributed by atoms with Crippen LogP contribution in [-0.2, 0) is 0 Å². The van der Waals surface area contributed by atoms with Crippen molar-refractivity contribution in [1.29, 1.82) is 0 Å². The van der Waals surface area contributed by atoms with Crippen LogP contribution in [0.25, 0.3) is 0 Å². The molecule has 1 heterocycles. The Balaban J connectivity index is 1.94. The zero-order valence-corrected chi connectivity index (χ0v) is 13.7. The summed E-state index contributed by atoms with van der Waals surface area (Å²) >= 11 is 0. The number of nitrogens with zero attached hydrogens (tertiary/aromatic N) is 1. The third-order valence-electron chi connectivity index (χ3n) is 5.33. The van der Waals surface area contributed by atoms with Crippen molar-refractivity contribution in [1.82, 2.24) is 10.2 Å². The Morgan fingerprint density at radius 2 is 1.89 bits per heavy atom. The number of hydrogen-bond donors (Lipinski definition) is 1. The third kappa shape index (κ3) is 3.72. The molecule has 0 spiro atoms. The van der Waals surface area contributed by atoms with Crippen LogP contribution in [0.3, 0.4) is 0 Å². The first-order valence-electron chi connectivity index (χ1n) is 8.42. The SMILES string of the molecule is CC(C)CCCN1CC(C(C)C)NCC1(C)C1CC1. The molecule has 0 aromatic heterocycles. The van der Waals surface area contributed by atoms with Crippen molar-refractivity contribution >= 4 is 0 Å². The average Bonchev–Trinajstić information content (AvgIpc) is 3.15. The molecule has 2 heteroatoms. The maximum absolute atomic E-state index is 3.82. The summed E-state index contributed by atoms with van der Waals surface area (Å²) in [6.07, 6.45) is 5.64. The van der Waals surface area contributed by atoms with E-state index in [4.69, 9.17) is 0 Å². The summed E-state index contributed by atoms with van der Waals surface area (Å²) < 4.78 is 0. The minimum Gasteiger partial charge on any atom is -0.311 e. The number of rotatable bonds is 6. The van der Waals surface area contributed by atoms with E-state index in [1.54, 1.807) is 0 Å². The largest absolute Gasteiger partial charge is 0.311 e. The molecule has 2 fully saturated rings. The highest BCUT2D eigenvalue weighted by atomic mass is 15.3. The molecule has 0 radical (unpaired) electrons. The highest BCUT2D eigenvalue weighted by molar-refractivity contribution is 5.05. The first-order chi connectivity index (χ1) is 8.93. The van der Waals surface area contributed by atoms with E-state index in [1.807, 2.05) is 0 Å². The number of piperazine rings is 1. The molecule has 2 aliphatic rings. The minimum absolute atomic E-state index is 0.433. The second kappa shape index (κ2) is 6.13. The molecule has 2 nitrogen and oxygen atoms in total. The fraction of sp³-hybridized carbons (Fsp3) is 1.00. The summed E-state index contributed by atoms with van der Waals surface area (Å²) in [5, 5.41) is 3.82. The molecule has 2 atom stereocenters. The van der Waals surface area contributed by atoms with E-state index in [9.17, 15) is 0 Å². The van der Waals surface area contributed by atoms with Crippen LogP contribution in [0.4, 0.5) is 0 Å².